The van der Waals surface area contributed by atoms with E-state index in [4.69, 9.17) is 9.47 Å². The number of aliphatic hydroxyl groups is 7. The van der Waals surface area contributed by atoms with E-state index in [1.165, 1.54) is 5.57 Å². The highest BCUT2D eigenvalue weighted by Crippen LogP contribution is 2.75. The van der Waals surface area contributed by atoms with E-state index in [-0.39, 0.29) is 34.0 Å². The molecule has 15 atom stereocenters. The lowest BCUT2D eigenvalue weighted by Crippen LogP contribution is -2.70. The lowest BCUT2D eigenvalue weighted by atomic mass is 9.33. The molecule has 46 heavy (non-hydrogen) atoms. The highest BCUT2D eigenvalue weighted by molar-refractivity contribution is 5.79. The Kier molecular flexibility index (Phi) is 8.27. The van der Waals surface area contributed by atoms with Crippen molar-refractivity contribution in [1.29, 1.82) is 0 Å². The van der Waals surface area contributed by atoms with E-state index in [1.807, 2.05) is 13.8 Å². The fourth-order valence-corrected chi connectivity index (χ4v) is 12.3. The maximum Gasteiger partial charge on any atom is 0.315 e. The first-order valence-corrected chi connectivity index (χ1v) is 17.5. The predicted octanol–water partition coefficient (Wildman–Crippen LogP) is 2.43. The molecule has 5 aliphatic carbocycles. The molecule has 0 aromatic rings. The van der Waals surface area contributed by atoms with Gasteiger partial charge in [0, 0.05) is 0 Å². The van der Waals surface area contributed by atoms with Crippen LogP contribution in [0.2, 0.25) is 0 Å². The second-order valence-electron chi connectivity index (χ2n) is 18.2. The molecule has 0 spiro atoms. The average molecular weight is 651 g/mol. The van der Waals surface area contributed by atoms with Crippen molar-refractivity contribution in [3.63, 3.8) is 0 Å². The van der Waals surface area contributed by atoms with E-state index in [0.29, 0.717) is 32.1 Å². The van der Waals surface area contributed by atoms with Gasteiger partial charge in [-0.05, 0) is 96.2 Å². The van der Waals surface area contributed by atoms with Crippen molar-refractivity contribution >= 4 is 5.97 Å². The number of allylic oxidation sites excluding steroid dienone is 2. The van der Waals surface area contributed by atoms with Gasteiger partial charge in [-0.25, -0.2) is 0 Å². The van der Waals surface area contributed by atoms with Crippen molar-refractivity contribution in [3.8, 4) is 0 Å². The Balaban J connectivity index is 1.38. The third-order valence-electron chi connectivity index (χ3n) is 14.9. The molecular weight excluding hydrogens is 592 g/mol. The fraction of sp³-hybridized carbons (Fsp3) is 0.917. The van der Waals surface area contributed by atoms with Crippen molar-refractivity contribution in [2.45, 2.75) is 149 Å². The molecule has 10 nitrogen and oxygen atoms in total. The van der Waals surface area contributed by atoms with Gasteiger partial charge in [-0.3, -0.25) is 4.79 Å². The Morgan fingerprint density at radius 3 is 2.15 bits per heavy atom. The highest BCUT2D eigenvalue weighted by atomic mass is 16.7. The Bertz CT molecular complexity index is 1250. The predicted molar refractivity (Wildman–Crippen MR) is 168 cm³/mol. The number of esters is 1. The van der Waals surface area contributed by atoms with E-state index in [0.717, 1.165) is 19.3 Å². The maximum atomic E-state index is 14.4. The molecule has 10 heteroatoms. The van der Waals surface area contributed by atoms with E-state index < -0.39 is 77.8 Å². The number of fused-ring (bicyclic) bond motifs is 7. The first-order valence-electron chi connectivity index (χ1n) is 17.5. The summed E-state index contributed by atoms with van der Waals surface area (Å²) in [5.74, 6) is -0.675. The van der Waals surface area contributed by atoms with Crippen LogP contribution in [0, 0.1) is 50.2 Å². The summed E-state index contributed by atoms with van der Waals surface area (Å²) in [6, 6.07) is 0. The first-order chi connectivity index (χ1) is 21.2. The van der Waals surface area contributed by atoms with Crippen LogP contribution in [0.5, 0.6) is 0 Å². The Morgan fingerprint density at radius 1 is 0.848 bits per heavy atom. The van der Waals surface area contributed by atoms with Crippen LogP contribution in [-0.2, 0) is 14.3 Å². The average Bonchev–Trinajstić information content (AvgIpc) is 2.96. The zero-order valence-corrected chi connectivity index (χ0v) is 28.6. The Labute approximate surface area is 273 Å². The van der Waals surface area contributed by atoms with Gasteiger partial charge in [0.1, 0.15) is 24.4 Å². The summed E-state index contributed by atoms with van der Waals surface area (Å²) in [7, 11) is 0. The second-order valence-corrected chi connectivity index (χ2v) is 18.2. The molecule has 1 heterocycles. The molecule has 0 bridgehead atoms. The minimum Gasteiger partial charge on any atom is -0.432 e. The Morgan fingerprint density at radius 2 is 1.50 bits per heavy atom. The molecule has 7 N–H and O–H groups in total. The molecule has 1 aliphatic heterocycles. The van der Waals surface area contributed by atoms with Crippen molar-refractivity contribution in [3.05, 3.63) is 11.6 Å². The van der Waals surface area contributed by atoms with Crippen molar-refractivity contribution < 1.29 is 50.0 Å². The van der Waals surface area contributed by atoms with Crippen LogP contribution in [0.15, 0.2) is 11.6 Å². The smallest absolute Gasteiger partial charge is 0.315 e. The molecule has 5 fully saturated rings. The van der Waals surface area contributed by atoms with Gasteiger partial charge in [0.05, 0.1) is 30.3 Å². The summed E-state index contributed by atoms with van der Waals surface area (Å²) in [6.45, 7) is 14.6. The summed E-state index contributed by atoms with van der Waals surface area (Å²) in [5.41, 5.74) is -1.46. The van der Waals surface area contributed by atoms with E-state index >= 15 is 0 Å². The molecule has 6 rings (SSSR count). The lowest BCUT2D eigenvalue weighted by molar-refractivity contribution is -0.298. The molecule has 0 aromatic heterocycles. The molecule has 0 amide bonds. The van der Waals surface area contributed by atoms with Crippen LogP contribution >= 0.6 is 0 Å². The van der Waals surface area contributed by atoms with E-state index in [1.54, 1.807) is 0 Å². The summed E-state index contributed by atoms with van der Waals surface area (Å²) in [6.07, 6.45) is -2.51. The normalized spacial score (nSPS) is 54.3. The molecule has 4 saturated carbocycles. The second kappa shape index (κ2) is 10.9. The van der Waals surface area contributed by atoms with Gasteiger partial charge in [0.2, 0.25) is 6.29 Å². The van der Waals surface area contributed by atoms with Crippen molar-refractivity contribution in [2.24, 2.45) is 50.2 Å². The zero-order valence-electron chi connectivity index (χ0n) is 28.6. The largest absolute Gasteiger partial charge is 0.432 e. The topological polar surface area (TPSA) is 177 Å². The molecule has 1 saturated heterocycles. The van der Waals surface area contributed by atoms with Crippen LogP contribution in [0.25, 0.3) is 0 Å². The van der Waals surface area contributed by atoms with Gasteiger partial charge in [0.25, 0.3) is 0 Å². The number of carbonyl (C=O) groups excluding carboxylic acids is 1. The van der Waals surface area contributed by atoms with Gasteiger partial charge in [0.15, 0.2) is 0 Å². The summed E-state index contributed by atoms with van der Waals surface area (Å²) in [4.78, 5) is 14.4. The zero-order chi connectivity index (χ0) is 34.0. The van der Waals surface area contributed by atoms with Gasteiger partial charge in [-0.1, -0.05) is 60.1 Å². The number of rotatable bonds is 3. The molecular formula is C36H58O10. The van der Waals surface area contributed by atoms with Crippen molar-refractivity contribution in [1.82, 2.24) is 0 Å². The van der Waals surface area contributed by atoms with Gasteiger partial charge < -0.3 is 45.2 Å². The van der Waals surface area contributed by atoms with Crippen LogP contribution < -0.4 is 0 Å². The van der Waals surface area contributed by atoms with Gasteiger partial charge >= 0.3 is 5.97 Å². The monoisotopic (exact) mass is 650 g/mol. The number of aliphatic hydroxyl groups excluding tert-OH is 7. The van der Waals surface area contributed by atoms with Gasteiger partial charge in [-0.15, -0.1) is 0 Å². The standard InChI is InChI=1S/C36H58O10/c1-31(2)10-12-36(30(44)46-29-26(42)25(41)24(40)22(17-37)45-29)13-11-34(6)18(19(36)14-31)8-9-23-33(5)15-21(39)28(43)32(3,4)27(33)20(38)16-35(23,34)7/h8,19-29,37-43H,9-17H2,1-7H3. The minimum absolute atomic E-state index is 0.0365. The minimum atomic E-state index is -1.66. The quantitative estimate of drug-likeness (QED) is 0.177. The maximum absolute atomic E-state index is 14.4. The Hall–Kier alpha value is -1.11. The molecule has 0 radical (unpaired) electrons. The number of hydrogen-bond donors (Lipinski definition) is 7. The third-order valence-corrected chi connectivity index (χ3v) is 14.9. The first kappa shape index (κ1) is 34.7. The van der Waals surface area contributed by atoms with E-state index in [2.05, 4.69) is 40.7 Å². The van der Waals surface area contributed by atoms with Crippen LogP contribution in [0.4, 0.5) is 0 Å². The third kappa shape index (κ3) is 4.60. The highest BCUT2D eigenvalue weighted by Gasteiger charge is 2.72. The van der Waals surface area contributed by atoms with Crippen LogP contribution in [0.3, 0.4) is 0 Å². The summed E-state index contributed by atoms with van der Waals surface area (Å²) < 4.78 is 11.5. The molecule has 15 unspecified atom stereocenters. The molecule has 0 aromatic carbocycles. The number of ether oxygens (including phenoxy) is 2. The molecule has 6 aliphatic rings. The van der Waals surface area contributed by atoms with E-state index in [9.17, 15) is 40.5 Å². The van der Waals surface area contributed by atoms with Gasteiger partial charge in [-0.2, -0.15) is 0 Å². The van der Waals surface area contributed by atoms with Crippen LogP contribution in [-0.4, -0.2) is 97.3 Å². The van der Waals surface area contributed by atoms with Crippen molar-refractivity contribution in [2.75, 3.05) is 6.61 Å². The lowest BCUT2D eigenvalue weighted by Gasteiger charge is -2.72. The van der Waals surface area contributed by atoms with Crippen LogP contribution in [0.1, 0.15) is 99.8 Å². The number of hydrogen-bond acceptors (Lipinski definition) is 10. The summed E-state index contributed by atoms with van der Waals surface area (Å²) >= 11 is 0. The fourth-order valence-electron chi connectivity index (χ4n) is 12.3. The molecule has 262 valence electrons. The summed E-state index contributed by atoms with van der Waals surface area (Å²) in [5, 5.41) is 75.1. The number of carbonyl (C=O) groups is 1. The SMILES string of the molecule is CC1(C)CCC2(C(=O)OC3OC(CO)C(O)C(O)C3O)CCC3(C)C(=CCC4C5(C)CC(O)C(O)C(C)(C)C5C(O)CC43C)C2C1.